The lowest BCUT2D eigenvalue weighted by Crippen LogP contribution is -2.36. The highest BCUT2D eigenvalue weighted by Crippen LogP contribution is 1.92. The van der Waals surface area contributed by atoms with Crippen molar-refractivity contribution >= 4 is 12.4 Å². The van der Waals surface area contributed by atoms with Gasteiger partial charge in [0.15, 0.2) is 0 Å². The van der Waals surface area contributed by atoms with E-state index in [0.29, 0.717) is 19.7 Å². The van der Waals surface area contributed by atoms with Crippen LogP contribution in [0, 0.1) is 0 Å². The van der Waals surface area contributed by atoms with Gasteiger partial charge in [0, 0.05) is 20.2 Å². The molecule has 0 bridgehead atoms. The second-order valence-electron chi connectivity index (χ2n) is 2.73. The number of hydrogen-bond donors (Lipinski definition) is 2. The van der Waals surface area contributed by atoms with Crippen LogP contribution < -0.4 is 0 Å². The van der Waals surface area contributed by atoms with Gasteiger partial charge in [0.05, 0.1) is 19.3 Å². The molecule has 0 fully saturated rings. The molecule has 0 radical (unpaired) electrons. The van der Waals surface area contributed by atoms with E-state index in [-0.39, 0.29) is 19.0 Å². The lowest BCUT2D eigenvalue weighted by molar-refractivity contribution is 0.0353. The van der Waals surface area contributed by atoms with Gasteiger partial charge in [-0.2, -0.15) is 0 Å². The second-order valence-corrected chi connectivity index (χ2v) is 2.73. The van der Waals surface area contributed by atoms with Crippen LogP contribution >= 0.6 is 12.4 Å². The maximum Gasteiger partial charge on any atom is 0.0900 e. The number of halogens is 1. The van der Waals surface area contributed by atoms with Gasteiger partial charge in [-0.15, -0.1) is 12.4 Å². The maximum absolute atomic E-state index is 9.33. The van der Waals surface area contributed by atoms with E-state index in [0.717, 1.165) is 6.54 Å². The molecule has 0 aromatic rings. The van der Waals surface area contributed by atoms with E-state index in [2.05, 4.69) is 0 Å². The summed E-state index contributed by atoms with van der Waals surface area (Å²) in [6.45, 7) is 4.48. The van der Waals surface area contributed by atoms with Crippen LogP contribution in [0.5, 0.6) is 0 Å². The summed E-state index contributed by atoms with van der Waals surface area (Å²) < 4.78 is 4.79. The van der Waals surface area contributed by atoms with E-state index < -0.39 is 6.10 Å². The molecule has 0 rings (SSSR count). The molecule has 2 N–H and O–H groups in total. The number of likely N-dealkylation sites (N-methyl/N-ethyl adjacent to an activating group) is 1. The molecule has 1 unspecified atom stereocenters. The molecule has 0 aliphatic rings. The van der Waals surface area contributed by atoms with Crippen LogP contribution in [0.4, 0.5) is 0 Å². The first-order chi connectivity index (χ1) is 5.74. The molecule has 82 valence electrons. The van der Waals surface area contributed by atoms with Crippen LogP contribution in [0.3, 0.4) is 0 Å². The van der Waals surface area contributed by atoms with Crippen LogP contribution in [0.1, 0.15) is 6.92 Å². The van der Waals surface area contributed by atoms with E-state index in [1.54, 1.807) is 7.11 Å². The highest BCUT2D eigenvalue weighted by atomic mass is 35.5. The van der Waals surface area contributed by atoms with Gasteiger partial charge in [-0.05, 0) is 6.54 Å². The summed E-state index contributed by atoms with van der Waals surface area (Å²) >= 11 is 0. The van der Waals surface area contributed by atoms with Gasteiger partial charge < -0.3 is 14.9 Å². The maximum atomic E-state index is 9.33. The minimum Gasteiger partial charge on any atom is -0.395 e. The predicted molar refractivity (Wildman–Crippen MR) is 54.3 cm³/mol. The molecule has 0 aromatic heterocycles. The molecular formula is C8H20ClNO3. The number of rotatable bonds is 7. The van der Waals surface area contributed by atoms with Crippen molar-refractivity contribution < 1.29 is 14.9 Å². The number of ether oxygens (including phenoxy) is 1. The van der Waals surface area contributed by atoms with Crippen molar-refractivity contribution in [3.63, 3.8) is 0 Å². The third-order valence-corrected chi connectivity index (χ3v) is 1.69. The molecule has 0 spiro atoms. The molecule has 0 aromatic carbocycles. The zero-order valence-electron chi connectivity index (χ0n) is 8.27. The zero-order valence-corrected chi connectivity index (χ0v) is 9.09. The number of hydrogen-bond acceptors (Lipinski definition) is 4. The number of aliphatic hydroxyl groups excluding tert-OH is 2. The summed E-state index contributed by atoms with van der Waals surface area (Å²) in [4.78, 5) is 1.98. The molecule has 0 heterocycles. The van der Waals surface area contributed by atoms with Crippen molar-refractivity contribution in [2.75, 3.05) is 40.0 Å². The van der Waals surface area contributed by atoms with Crippen molar-refractivity contribution in [2.24, 2.45) is 0 Å². The molecule has 1 atom stereocenters. The Morgan fingerprint density at radius 2 is 2.08 bits per heavy atom. The fourth-order valence-corrected chi connectivity index (χ4v) is 1.06. The smallest absolute Gasteiger partial charge is 0.0900 e. The van der Waals surface area contributed by atoms with Gasteiger partial charge in [0.2, 0.25) is 0 Å². The summed E-state index contributed by atoms with van der Waals surface area (Å²) in [5.74, 6) is 0. The summed E-state index contributed by atoms with van der Waals surface area (Å²) in [6, 6.07) is 0. The summed E-state index contributed by atoms with van der Waals surface area (Å²) in [7, 11) is 1.56. The van der Waals surface area contributed by atoms with Crippen LogP contribution in [0.25, 0.3) is 0 Å². The summed E-state index contributed by atoms with van der Waals surface area (Å²) in [6.07, 6.45) is -0.457. The molecular weight excluding hydrogens is 194 g/mol. The van der Waals surface area contributed by atoms with Gasteiger partial charge in [-0.1, -0.05) is 6.92 Å². The molecule has 0 aliphatic heterocycles. The molecule has 0 saturated heterocycles. The number of aliphatic hydroxyl groups is 2. The van der Waals surface area contributed by atoms with Gasteiger partial charge in [-0.3, -0.25) is 4.90 Å². The second kappa shape index (κ2) is 10.2. The van der Waals surface area contributed by atoms with Crippen molar-refractivity contribution in [3.8, 4) is 0 Å². The van der Waals surface area contributed by atoms with Gasteiger partial charge >= 0.3 is 0 Å². The monoisotopic (exact) mass is 213 g/mol. The average Bonchev–Trinajstić information content (AvgIpc) is 2.04. The van der Waals surface area contributed by atoms with E-state index >= 15 is 0 Å². The minimum atomic E-state index is -0.457. The number of methoxy groups -OCH3 is 1. The fraction of sp³-hybridized carbons (Fsp3) is 1.00. The first-order valence-electron chi connectivity index (χ1n) is 4.24. The van der Waals surface area contributed by atoms with E-state index in [1.165, 1.54) is 0 Å². The van der Waals surface area contributed by atoms with Crippen LogP contribution in [0.2, 0.25) is 0 Å². The van der Waals surface area contributed by atoms with Crippen molar-refractivity contribution in [3.05, 3.63) is 0 Å². The third-order valence-electron chi connectivity index (χ3n) is 1.69. The Morgan fingerprint density at radius 3 is 2.46 bits per heavy atom. The Bertz CT molecular complexity index is 105. The van der Waals surface area contributed by atoms with E-state index in [1.807, 2.05) is 11.8 Å². The Kier molecular flexibility index (Phi) is 12.3. The summed E-state index contributed by atoms with van der Waals surface area (Å²) in [5, 5.41) is 18.0. The zero-order chi connectivity index (χ0) is 9.40. The van der Waals surface area contributed by atoms with Crippen LogP contribution in [0.15, 0.2) is 0 Å². The van der Waals surface area contributed by atoms with Crippen molar-refractivity contribution in [1.29, 1.82) is 0 Å². The van der Waals surface area contributed by atoms with E-state index in [9.17, 15) is 5.11 Å². The molecule has 0 amide bonds. The topological polar surface area (TPSA) is 52.9 Å². The first-order valence-corrected chi connectivity index (χ1v) is 4.24. The highest BCUT2D eigenvalue weighted by Gasteiger charge is 2.08. The Labute approximate surface area is 85.9 Å². The average molecular weight is 214 g/mol. The van der Waals surface area contributed by atoms with E-state index in [4.69, 9.17) is 9.84 Å². The Hall–Kier alpha value is 0.130. The van der Waals surface area contributed by atoms with Crippen LogP contribution in [-0.2, 0) is 4.74 Å². The molecule has 5 heteroatoms. The molecule has 0 aliphatic carbocycles. The Morgan fingerprint density at radius 1 is 1.46 bits per heavy atom. The van der Waals surface area contributed by atoms with Gasteiger partial charge in [0.25, 0.3) is 0 Å². The quantitative estimate of drug-likeness (QED) is 0.612. The molecule has 13 heavy (non-hydrogen) atoms. The SMILES string of the molecule is CCN(CCO)CC(O)COC.Cl. The summed E-state index contributed by atoms with van der Waals surface area (Å²) in [5.41, 5.74) is 0. The predicted octanol–water partition coefficient (Wildman–Crippen LogP) is -0.270. The van der Waals surface area contributed by atoms with Crippen LogP contribution in [-0.4, -0.2) is 61.2 Å². The van der Waals surface area contributed by atoms with Crippen molar-refractivity contribution in [1.82, 2.24) is 4.90 Å². The first kappa shape index (κ1) is 15.6. The lowest BCUT2D eigenvalue weighted by atomic mass is 10.3. The lowest BCUT2D eigenvalue weighted by Gasteiger charge is -2.21. The molecule has 0 saturated carbocycles. The molecule has 4 nitrogen and oxygen atoms in total. The number of nitrogens with zero attached hydrogens (tertiary/aromatic N) is 1. The van der Waals surface area contributed by atoms with Gasteiger partial charge in [0.1, 0.15) is 0 Å². The Balaban J connectivity index is 0. The fourth-order valence-electron chi connectivity index (χ4n) is 1.06. The highest BCUT2D eigenvalue weighted by molar-refractivity contribution is 5.85. The standard InChI is InChI=1S/C8H19NO3.ClH/c1-3-9(4-5-10)6-8(11)7-12-2;/h8,10-11H,3-7H2,1-2H3;1H. The largest absolute Gasteiger partial charge is 0.395 e. The minimum absolute atomic E-state index is 0. The van der Waals surface area contributed by atoms with Gasteiger partial charge in [-0.25, -0.2) is 0 Å². The normalized spacial score (nSPS) is 12.7. The third kappa shape index (κ3) is 8.46. The van der Waals surface area contributed by atoms with Crippen molar-refractivity contribution in [2.45, 2.75) is 13.0 Å².